The van der Waals surface area contributed by atoms with E-state index in [1.165, 1.54) is 0 Å². The van der Waals surface area contributed by atoms with Gasteiger partial charge in [0.25, 0.3) is 0 Å². The van der Waals surface area contributed by atoms with E-state index in [-0.39, 0.29) is 0 Å². The molecule has 0 unspecified atom stereocenters. The number of fused-ring (bicyclic) bond motifs is 1. The summed E-state index contributed by atoms with van der Waals surface area (Å²) in [7, 11) is 1.70. The van der Waals surface area contributed by atoms with E-state index in [4.69, 9.17) is 10.5 Å². The summed E-state index contributed by atoms with van der Waals surface area (Å²) < 4.78 is 6.86. The summed E-state index contributed by atoms with van der Waals surface area (Å²) in [6, 6.07) is 5.94. The average molecular weight is 292 g/mol. The number of methoxy groups -OCH3 is 1. The second-order valence-corrected chi connectivity index (χ2v) is 5.85. The van der Waals surface area contributed by atoms with E-state index in [9.17, 15) is 5.11 Å². The second-order valence-electron chi connectivity index (χ2n) is 5.85. The van der Waals surface area contributed by atoms with Crippen molar-refractivity contribution in [3.63, 3.8) is 0 Å². The molecule has 0 radical (unpaired) electrons. The number of hydrogen-bond acceptors (Lipinski definition) is 5. The topological polar surface area (TPSA) is 85.3 Å². The van der Waals surface area contributed by atoms with Crippen LogP contribution in [0.5, 0.6) is 0 Å². The maximum absolute atomic E-state index is 9.97. The number of benzene rings is 1. The molecule has 21 heavy (non-hydrogen) atoms. The highest BCUT2D eigenvalue weighted by Crippen LogP contribution is 2.23. The number of hydrogen-bond donors (Lipinski definition) is 3. The summed E-state index contributed by atoms with van der Waals surface area (Å²) in [6.07, 6.45) is 0.948. The fourth-order valence-electron chi connectivity index (χ4n) is 2.26. The fourth-order valence-corrected chi connectivity index (χ4v) is 2.26. The first-order valence-electron chi connectivity index (χ1n) is 7.12. The minimum atomic E-state index is -0.835. The van der Waals surface area contributed by atoms with E-state index in [1.807, 2.05) is 22.8 Å². The number of ether oxygens (including phenoxy) is 1. The molecule has 1 heterocycles. The lowest BCUT2D eigenvalue weighted by Crippen LogP contribution is -2.26. The van der Waals surface area contributed by atoms with Gasteiger partial charge in [-0.1, -0.05) is 0 Å². The maximum Gasteiger partial charge on any atom is 0.201 e. The van der Waals surface area contributed by atoms with Crippen molar-refractivity contribution in [2.75, 3.05) is 31.3 Å². The quantitative estimate of drug-likeness (QED) is 0.678. The van der Waals surface area contributed by atoms with Gasteiger partial charge < -0.3 is 25.5 Å². The van der Waals surface area contributed by atoms with E-state index in [0.717, 1.165) is 36.3 Å². The SMILES string of the molecule is COCCCNc1ccc2c(c1)nc(N)n2CC(C)(C)O. The molecule has 1 aromatic heterocycles. The lowest BCUT2D eigenvalue weighted by Gasteiger charge is -2.19. The van der Waals surface area contributed by atoms with E-state index < -0.39 is 5.60 Å². The van der Waals surface area contributed by atoms with Crippen LogP contribution in [0.15, 0.2) is 18.2 Å². The molecule has 0 saturated heterocycles. The molecule has 0 saturated carbocycles. The summed E-state index contributed by atoms with van der Waals surface area (Å²) in [6.45, 7) is 5.51. The fraction of sp³-hybridized carbons (Fsp3) is 0.533. The molecule has 0 atom stereocenters. The third-order valence-corrected chi connectivity index (χ3v) is 3.18. The van der Waals surface area contributed by atoms with Crippen molar-refractivity contribution in [3.8, 4) is 0 Å². The Balaban J connectivity index is 2.17. The molecule has 0 spiro atoms. The van der Waals surface area contributed by atoms with Gasteiger partial charge in [-0.3, -0.25) is 0 Å². The Hall–Kier alpha value is -1.79. The van der Waals surface area contributed by atoms with Crippen molar-refractivity contribution < 1.29 is 9.84 Å². The third kappa shape index (κ3) is 4.09. The van der Waals surface area contributed by atoms with Crippen LogP contribution in [0.1, 0.15) is 20.3 Å². The van der Waals surface area contributed by atoms with E-state index >= 15 is 0 Å². The Morgan fingerprint density at radius 3 is 2.86 bits per heavy atom. The molecule has 6 heteroatoms. The predicted octanol–water partition coefficient (Wildman–Crippen LogP) is 1.84. The Labute approximate surface area is 124 Å². The van der Waals surface area contributed by atoms with Crippen molar-refractivity contribution in [2.24, 2.45) is 0 Å². The smallest absolute Gasteiger partial charge is 0.201 e. The number of aromatic nitrogens is 2. The first-order valence-corrected chi connectivity index (χ1v) is 7.12. The lowest BCUT2D eigenvalue weighted by molar-refractivity contribution is 0.0633. The van der Waals surface area contributed by atoms with Crippen LogP contribution in [-0.2, 0) is 11.3 Å². The number of nitrogen functional groups attached to an aromatic ring is 1. The van der Waals surface area contributed by atoms with Crippen LogP contribution in [0.4, 0.5) is 11.6 Å². The van der Waals surface area contributed by atoms with Crippen molar-refractivity contribution in [1.29, 1.82) is 0 Å². The van der Waals surface area contributed by atoms with Crippen molar-refractivity contribution in [1.82, 2.24) is 9.55 Å². The molecule has 0 amide bonds. The Kier molecular flexibility index (Phi) is 4.69. The van der Waals surface area contributed by atoms with Crippen LogP contribution < -0.4 is 11.1 Å². The second kappa shape index (κ2) is 6.32. The average Bonchev–Trinajstić information content (AvgIpc) is 2.69. The zero-order valence-corrected chi connectivity index (χ0v) is 12.9. The summed E-state index contributed by atoms with van der Waals surface area (Å²) in [5, 5.41) is 13.3. The highest BCUT2D eigenvalue weighted by Gasteiger charge is 2.17. The van der Waals surface area contributed by atoms with Crippen molar-refractivity contribution in [3.05, 3.63) is 18.2 Å². The number of anilines is 2. The molecule has 0 aliphatic heterocycles. The van der Waals surface area contributed by atoms with Crippen molar-refractivity contribution in [2.45, 2.75) is 32.4 Å². The molecular formula is C15H24N4O2. The molecule has 6 nitrogen and oxygen atoms in total. The molecule has 116 valence electrons. The normalized spacial score (nSPS) is 12.0. The maximum atomic E-state index is 9.97. The van der Waals surface area contributed by atoms with Gasteiger partial charge in [0.1, 0.15) is 0 Å². The molecule has 0 bridgehead atoms. The first kappa shape index (κ1) is 15.6. The van der Waals surface area contributed by atoms with Crippen LogP contribution in [-0.4, -0.2) is 40.5 Å². The minimum absolute atomic E-state index is 0.413. The number of rotatable bonds is 7. The van der Waals surface area contributed by atoms with Gasteiger partial charge in [-0.25, -0.2) is 4.98 Å². The number of nitrogens with zero attached hydrogens (tertiary/aromatic N) is 2. The molecule has 2 aromatic rings. The lowest BCUT2D eigenvalue weighted by atomic mass is 10.1. The van der Waals surface area contributed by atoms with E-state index in [2.05, 4.69) is 10.3 Å². The van der Waals surface area contributed by atoms with E-state index in [0.29, 0.717) is 12.5 Å². The zero-order valence-electron chi connectivity index (χ0n) is 12.9. The van der Waals surface area contributed by atoms with Gasteiger partial charge in [0.15, 0.2) is 0 Å². The number of aliphatic hydroxyl groups is 1. The predicted molar refractivity (Wildman–Crippen MR) is 85.4 cm³/mol. The molecule has 4 N–H and O–H groups in total. The largest absolute Gasteiger partial charge is 0.389 e. The van der Waals surface area contributed by atoms with Gasteiger partial charge in [0, 0.05) is 25.9 Å². The standard InChI is InChI=1S/C15H24N4O2/c1-15(2,20)10-19-13-6-5-11(17-7-4-8-21-3)9-12(13)18-14(19)16/h5-6,9,17,20H,4,7-8,10H2,1-3H3,(H2,16,18). The summed E-state index contributed by atoms with van der Waals surface area (Å²) in [4.78, 5) is 4.37. The molecular weight excluding hydrogens is 268 g/mol. The Morgan fingerprint density at radius 2 is 2.19 bits per heavy atom. The van der Waals surface area contributed by atoms with Crippen LogP contribution >= 0.6 is 0 Å². The molecule has 1 aromatic carbocycles. The van der Waals surface area contributed by atoms with Gasteiger partial charge in [-0.2, -0.15) is 0 Å². The molecule has 0 aliphatic rings. The van der Waals surface area contributed by atoms with E-state index in [1.54, 1.807) is 21.0 Å². The number of nitrogens with one attached hydrogen (secondary N) is 1. The molecule has 0 fully saturated rings. The number of imidazole rings is 1. The van der Waals surface area contributed by atoms with Gasteiger partial charge in [-0.05, 0) is 38.5 Å². The van der Waals surface area contributed by atoms with Crippen LogP contribution in [0, 0.1) is 0 Å². The first-order chi connectivity index (χ1) is 9.90. The van der Waals surface area contributed by atoms with Crippen LogP contribution in [0.25, 0.3) is 11.0 Å². The molecule has 2 rings (SSSR count). The van der Waals surface area contributed by atoms with Crippen LogP contribution in [0.2, 0.25) is 0 Å². The highest BCUT2D eigenvalue weighted by molar-refractivity contribution is 5.82. The van der Waals surface area contributed by atoms with Crippen molar-refractivity contribution >= 4 is 22.7 Å². The van der Waals surface area contributed by atoms with Crippen LogP contribution in [0.3, 0.4) is 0 Å². The third-order valence-electron chi connectivity index (χ3n) is 3.18. The zero-order chi connectivity index (χ0) is 15.5. The summed E-state index contributed by atoms with van der Waals surface area (Å²) >= 11 is 0. The van der Waals surface area contributed by atoms with Gasteiger partial charge >= 0.3 is 0 Å². The highest BCUT2D eigenvalue weighted by atomic mass is 16.5. The monoisotopic (exact) mass is 292 g/mol. The Morgan fingerprint density at radius 1 is 1.43 bits per heavy atom. The molecule has 0 aliphatic carbocycles. The van der Waals surface area contributed by atoms with Gasteiger partial charge in [0.2, 0.25) is 5.95 Å². The number of nitrogens with two attached hydrogens (primary N) is 1. The van der Waals surface area contributed by atoms with Gasteiger partial charge in [0.05, 0.1) is 23.2 Å². The Bertz CT molecular complexity index is 601. The summed E-state index contributed by atoms with van der Waals surface area (Å²) in [5.74, 6) is 0.420. The van der Waals surface area contributed by atoms with Gasteiger partial charge in [-0.15, -0.1) is 0 Å². The minimum Gasteiger partial charge on any atom is -0.389 e. The summed E-state index contributed by atoms with van der Waals surface area (Å²) in [5.41, 5.74) is 7.88.